The SMILES string of the molecule is CC1C2OC2C2CC3CC4CC=CC(=O)NCCC(O)C5NC(=O)C(=C(O)C=CC4CC3C12)C5=O. The average molecular weight is 483 g/mol. The molecule has 2 amide bonds. The fourth-order valence-corrected chi connectivity index (χ4v) is 8.04. The summed E-state index contributed by atoms with van der Waals surface area (Å²) in [4.78, 5) is 37.6. The molecule has 3 aliphatic carbocycles. The first-order chi connectivity index (χ1) is 16.8. The summed E-state index contributed by atoms with van der Waals surface area (Å²) >= 11 is 0. The number of ether oxygens (including phenoxy) is 1. The molecule has 0 spiro atoms. The Bertz CT molecular complexity index is 1030. The van der Waals surface area contributed by atoms with Gasteiger partial charge < -0.3 is 25.6 Å². The molecule has 6 aliphatic rings. The summed E-state index contributed by atoms with van der Waals surface area (Å²) in [5, 5.41) is 26.3. The molecule has 8 heteroatoms. The van der Waals surface area contributed by atoms with E-state index in [1.807, 2.05) is 12.2 Å². The van der Waals surface area contributed by atoms with Gasteiger partial charge in [-0.1, -0.05) is 19.1 Å². The maximum atomic E-state index is 12.8. The van der Waals surface area contributed by atoms with E-state index in [0.717, 1.165) is 19.3 Å². The predicted octanol–water partition coefficient (Wildman–Crippen LogP) is 1.56. The molecule has 0 aromatic heterocycles. The predicted molar refractivity (Wildman–Crippen MR) is 126 cm³/mol. The van der Waals surface area contributed by atoms with Crippen molar-refractivity contribution in [1.82, 2.24) is 10.6 Å². The van der Waals surface area contributed by atoms with E-state index < -0.39 is 23.8 Å². The van der Waals surface area contributed by atoms with Crippen LogP contribution >= 0.6 is 0 Å². The van der Waals surface area contributed by atoms with Gasteiger partial charge in [-0.2, -0.15) is 0 Å². The zero-order valence-electron chi connectivity index (χ0n) is 19.9. The van der Waals surface area contributed by atoms with Crippen molar-refractivity contribution in [2.24, 2.45) is 41.4 Å². The fourth-order valence-electron chi connectivity index (χ4n) is 8.04. The Morgan fingerprint density at radius 3 is 2.69 bits per heavy atom. The number of amides is 2. The van der Waals surface area contributed by atoms with E-state index in [0.29, 0.717) is 47.7 Å². The molecule has 2 bridgehead atoms. The molecule has 35 heavy (non-hydrogen) atoms. The summed E-state index contributed by atoms with van der Waals surface area (Å²) in [7, 11) is 0. The second-order valence-corrected chi connectivity index (χ2v) is 11.4. The maximum absolute atomic E-state index is 12.8. The number of allylic oxidation sites excluding steroid dienone is 3. The standard InChI is InChI=1S/C27H34N2O6/c1-12-21-16-10-14-5-6-18(30)22-24(33)23(29-27(22)34)19(31)7-8-28-20(32)4-2-3-13(14)9-15(16)11-17(21)26-25(12)35-26/h2,4-6,12-17,19,21,23,25-26,30-31H,3,7-11H2,1H3,(H,28,32)(H,29,34). The van der Waals surface area contributed by atoms with Crippen LogP contribution in [0.5, 0.6) is 0 Å². The summed E-state index contributed by atoms with van der Waals surface area (Å²) in [6.45, 7) is 2.50. The van der Waals surface area contributed by atoms with E-state index in [1.54, 1.807) is 6.08 Å². The number of carbonyl (C=O) groups is 3. The Morgan fingerprint density at radius 2 is 1.86 bits per heavy atom. The van der Waals surface area contributed by atoms with Gasteiger partial charge in [-0.15, -0.1) is 0 Å². The van der Waals surface area contributed by atoms with Crippen molar-refractivity contribution in [3.8, 4) is 0 Å². The first kappa shape index (κ1) is 23.0. The van der Waals surface area contributed by atoms with Crippen molar-refractivity contribution in [2.75, 3.05) is 6.54 Å². The lowest BCUT2D eigenvalue weighted by Gasteiger charge is -2.40. The fraction of sp³-hybridized carbons (Fsp3) is 0.667. The Hall–Kier alpha value is -2.45. The van der Waals surface area contributed by atoms with Crippen molar-refractivity contribution in [3.05, 3.63) is 35.6 Å². The normalized spacial score (nSPS) is 47.0. The number of fused-ring (bicyclic) bond motifs is 8. The first-order valence-corrected chi connectivity index (χ1v) is 13.1. The number of hydrogen-bond donors (Lipinski definition) is 4. The largest absolute Gasteiger partial charge is 0.507 e. The van der Waals surface area contributed by atoms with Crippen LogP contribution in [0, 0.1) is 41.4 Å². The Kier molecular flexibility index (Phi) is 5.64. The number of aliphatic hydroxyl groups excluding tert-OH is 2. The molecular formula is C27H34N2O6. The number of nitrogens with one attached hydrogen (secondary N) is 2. The van der Waals surface area contributed by atoms with Gasteiger partial charge in [0, 0.05) is 6.54 Å². The average Bonchev–Trinajstić information content (AvgIpc) is 3.35. The number of Topliss-reactive ketones (excluding diaryl/α,β-unsaturated/α-hetero) is 1. The molecule has 4 N–H and O–H groups in total. The topological polar surface area (TPSA) is 128 Å². The van der Waals surface area contributed by atoms with Crippen LogP contribution in [-0.2, 0) is 19.1 Å². The summed E-state index contributed by atoms with van der Waals surface area (Å²) < 4.78 is 5.93. The molecule has 6 rings (SSSR count). The van der Waals surface area contributed by atoms with Crippen LogP contribution in [-0.4, -0.2) is 58.7 Å². The maximum Gasteiger partial charge on any atom is 0.259 e. The van der Waals surface area contributed by atoms with Crippen LogP contribution < -0.4 is 10.6 Å². The lowest BCUT2D eigenvalue weighted by atomic mass is 9.65. The summed E-state index contributed by atoms with van der Waals surface area (Å²) in [6, 6.07) is -1.12. The third-order valence-electron chi connectivity index (χ3n) is 9.67. The second kappa shape index (κ2) is 8.59. The van der Waals surface area contributed by atoms with Crippen LogP contribution in [0.1, 0.15) is 39.0 Å². The smallest absolute Gasteiger partial charge is 0.259 e. The Morgan fingerprint density at radius 1 is 1.03 bits per heavy atom. The molecule has 8 nitrogen and oxygen atoms in total. The van der Waals surface area contributed by atoms with Crippen molar-refractivity contribution >= 4 is 17.6 Å². The summed E-state index contributed by atoms with van der Waals surface area (Å²) in [5.41, 5.74) is -0.297. The summed E-state index contributed by atoms with van der Waals surface area (Å²) in [6.07, 6.45) is 10.8. The number of carbonyl (C=O) groups excluding carboxylic acids is 3. The number of rotatable bonds is 0. The van der Waals surface area contributed by atoms with Crippen LogP contribution in [0.15, 0.2) is 35.6 Å². The van der Waals surface area contributed by atoms with Crippen molar-refractivity contribution in [3.63, 3.8) is 0 Å². The third kappa shape index (κ3) is 3.85. The molecular weight excluding hydrogens is 448 g/mol. The van der Waals surface area contributed by atoms with Gasteiger partial charge in [0.15, 0.2) is 5.78 Å². The molecule has 5 fully saturated rings. The van der Waals surface area contributed by atoms with E-state index in [4.69, 9.17) is 4.74 Å². The van der Waals surface area contributed by atoms with Gasteiger partial charge in [0.2, 0.25) is 5.91 Å². The second-order valence-electron chi connectivity index (χ2n) is 11.4. The van der Waals surface area contributed by atoms with Crippen LogP contribution in [0.25, 0.3) is 0 Å². The van der Waals surface area contributed by atoms with Gasteiger partial charge in [0.05, 0.1) is 18.3 Å². The monoisotopic (exact) mass is 482 g/mol. The minimum absolute atomic E-state index is 0.111. The molecule has 188 valence electrons. The van der Waals surface area contributed by atoms with Gasteiger partial charge in [-0.3, -0.25) is 14.4 Å². The minimum Gasteiger partial charge on any atom is -0.507 e. The molecule has 3 aliphatic heterocycles. The highest BCUT2D eigenvalue weighted by Crippen LogP contribution is 2.65. The zero-order valence-corrected chi connectivity index (χ0v) is 19.9. The number of hydrogen-bond acceptors (Lipinski definition) is 6. The van der Waals surface area contributed by atoms with E-state index in [2.05, 4.69) is 17.6 Å². The Labute approximate surface area is 204 Å². The zero-order chi connectivity index (χ0) is 24.4. The van der Waals surface area contributed by atoms with Gasteiger partial charge >= 0.3 is 0 Å². The van der Waals surface area contributed by atoms with E-state index in [9.17, 15) is 24.6 Å². The lowest BCUT2D eigenvalue weighted by molar-refractivity contribution is -0.118. The highest BCUT2D eigenvalue weighted by Gasteiger charge is 2.66. The van der Waals surface area contributed by atoms with E-state index in [-0.39, 0.29) is 36.1 Å². The van der Waals surface area contributed by atoms with Crippen LogP contribution in [0.4, 0.5) is 0 Å². The third-order valence-corrected chi connectivity index (χ3v) is 9.67. The number of aliphatic hydroxyl groups is 2. The van der Waals surface area contributed by atoms with Crippen LogP contribution in [0.2, 0.25) is 0 Å². The molecule has 3 heterocycles. The van der Waals surface area contributed by atoms with E-state index in [1.165, 1.54) is 12.5 Å². The van der Waals surface area contributed by atoms with Crippen molar-refractivity contribution in [1.29, 1.82) is 0 Å². The molecule has 0 aromatic carbocycles. The van der Waals surface area contributed by atoms with Gasteiger partial charge in [-0.25, -0.2) is 0 Å². The molecule has 0 aromatic rings. The van der Waals surface area contributed by atoms with Crippen molar-refractivity contribution in [2.45, 2.75) is 63.4 Å². The minimum atomic E-state index is -1.16. The molecule has 11 unspecified atom stereocenters. The lowest BCUT2D eigenvalue weighted by Crippen LogP contribution is -2.42. The van der Waals surface area contributed by atoms with Crippen LogP contribution in [0.3, 0.4) is 0 Å². The van der Waals surface area contributed by atoms with Gasteiger partial charge in [0.1, 0.15) is 17.4 Å². The summed E-state index contributed by atoms with van der Waals surface area (Å²) in [5.74, 6) is 1.80. The molecule has 2 saturated heterocycles. The van der Waals surface area contributed by atoms with Crippen molar-refractivity contribution < 1.29 is 29.3 Å². The highest BCUT2D eigenvalue weighted by atomic mass is 16.6. The highest BCUT2D eigenvalue weighted by molar-refractivity contribution is 6.27. The molecule has 0 radical (unpaired) electrons. The molecule has 11 atom stereocenters. The number of ketones is 1. The van der Waals surface area contributed by atoms with E-state index >= 15 is 0 Å². The van der Waals surface area contributed by atoms with Gasteiger partial charge in [0.25, 0.3) is 5.91 Å². The first-order valence-electron chi connectivity index (χ1n) is 13.1. The quantitative estimate of drug-likeness (QED) is 0.306. The van der Waals surface area contributed by atoms with Gasteiger partial charge in [-0.05, 0) is 85.7 Å². The molecule has 3 saturated carbocycles. The number of epoxide rings is 1. The Balaban J connectivity index is 1.29.